The van der Waals surface area contributed by atoms with Crippen molar-refractivity contribution in [3.05, 3.63) is 12.3 Å². The molecule has 0 aromatic rings. The van der Waals surface area contributed by atoms with Gasteiger partial charge >= 0.3 is 5.97 Å². The van der Waals surface area contributed by atoms with Gasteiger partial charge in [-0.2, -0.15) is 0 Å². The topological polar surface area (TPSA) is 57.6 Å². The standard InChI is InChI=1S/C8H11NO3/c10-7-1-4-9(5-2-7)6-3-8(11)12/h1,4H,2-3,5-6H2,(H,11,12). The third kappa shape index (κ3) is 2.74. The summed E-state index contributed by atoms with van der Waals surface area (Å²) in [6.07, 6.45) is 3.77. The number of nitrogens with zero attached hydrogens (tertiary/aromatic N) is 1. The molecule has 1 aliphatic heterocycles. The minimum absolute atomic E-state index is 0.113. The number of hydrogen-bond donors (Lipinski definition) is 1. The SMILES string of the molecule is O=C(O)CCN1C=CC(=O)CC1. The normalized spacial score (nSPS) is 16.7. The van der Waals surface area contributed by atoms with Gasteiger partial charge < -0.3 is 10.0 Å². The Kier molecular flexibility index (Phi) is 2.85. The highest BCUT2D eigenvalue weighted by molar-refractivity contribution is 5.90. The zero-order valence-electron chi connectivity index (χ0n) is 6.69. The van der Waals surface area contributed by atoms with E-state index in [0.29, 0.717) is 19.5 Å². The van der Waals surface area contributed by atoms with Gasteiger partial charge in [-0.15, -0.1) is 0 Å². The molecule has 0 amide bonds. The maximum atomic E-state index is 10.7. The monoisotopic (exact) mass is 169 g/mol. The first kappa shape index (κ1) is 8.77. The maximum Gasteiger partial charge on any atom is 0.305 e. The van der Waals surface area contributed by atoms with Gasteiger partial charge in [0.05, 0.1) is 6.42 Å². The van der Waals surface area contributed by atoms with Gasteiger partial charge in [-0.1, -0.05) is 0 Å². The van der Waals surface area contributed by atoms with Gasteiger partial charge in [0.2, 0.25) is 0 Å². The Hall–Kier alpha value is -1.32. The van der Waals surface area contributed by atoms with Gasteiger partial charge in [0.15, 0.2) is 5.78 Å². The molecule has 12 heavy (non-hydrogen) atoms. The summed E-state index contributed by atoms with van der Waals surface area (Å²) in [5, 5.41) is 8.38. The van der Waals surface area contributed by atoms with Gasteiger partial charge in [-0.05, 0) is 6.08 Å². The van der Waals surface area contributed by atoms with E-state index in [2.05, 4.69) is 0 Å². The summed E-state index contributed by atoms with van der Waals surface area (Å²) in [6.45, 7) is 1.13. The van der Waals surface area contributed by atoms with Gasteiger partial charge in [-0.25, -0.2) is 0 Å². The molecule has 1 rings (SSSR count). The third-order valence-electron chi connectivity index (χ3n) is 1.73. The van der Waals surface area contributed by atoms with Crippen molar-refractivity contribution in [3.8, 4) is 0 Å². The molecule has 0 aliphatic carbocycles. The first-order chi connectivity index (χ1) is 5.68. The van der Waals surface area contributed by atoms with Crippen LogP contribution in [-0.2, 0) is 9.59 Å². The van der Waals surface area contributed by atoms with Crippen molar-refractivity contribution in [2.75, 3.05) is 13.1 Å². The van der Waals surface area contributed by atoms with Crippen LogP contribution in [-0.4, -0.2) is 34.8 Å². The molecule has 1 aliphatic rings. The molecule has 0 bridgehead atoms. The molecular weight excluding hydrogens is 158 g/mol. The van der Waals surface area contributed by atoms with E-state index in [4.69, 9.17) is 5.11 Å². The number of carbonyl (C=O) groups excluding carboxylic acids is 1. The van der Waals surface area contributed by atoms with E-state index in [-0.39, 0.29) is 12.2 Å². The fraction of sp³-hybridized carbons (Fsp3) is 0.500. The minimum Gasteiger partial charge on any atom is -0.481 e. The Labute approximate surface area is 70.5 Å². The fourth-order valence-electron chi connectivity index (χ4n) is 1.03. The van der Waals surface area contributed by atoms with E-state index < -0.39 is 5.97 Å². The van der Waals surface area contributed by atoms with Crippen LogP contribution in [0, 0.1) is 0 Å². The second-order valence-corrected chi connectivity index (χ2v) is 2.71. The van der Waals surface area contributed by atoms with Crippen LogP contribution in [0.1, 0.15) is 12.8 Å². The Morgan fingerprint density at radius 2 is 2.42 bits per heavy atom. The number of hydrogen-bond acceptors (Lipinski definition) is 3. The molecule has 0 aromatic heterocycles. The first-order valence-electron chi connectivity index (χ1n) is 3.85. The molecule has 1 N–H and O–H groups in total. The van der Waals surface area contributed by atoms with Crippen molar-refractivity contribution in [2.24, 2.45) is 0 Å². The summed E-state index contributed by atoms with van der Waals surface area (Å²) in [5.74, 6) is -0.693. The second kappa shape index (κ2) is 3.90. The number of ketones is 1. The van der Waals surface area contributed by atoms with E-state index in [9.17, 15) is 9.59 Å². The number of carboxylic acid groups (broad SMARTS) is 1. The molecule has 4 nitrogen and oxygen atoms in total. The van der Waals surface area contributed by atoms with Crippen molar-refractivity contribution >= 4 is 11.8 Å². The van der Waals surface area contributed by atoms with E-state index in [1.54, 1.807) is 6.20 Å². The van der Waals surface area contributed by atoms with Crippen LogP contribution >= 0.6 is 0 Å². The number of rotatable bonds is 3. The molecule has 0 saturated carbocycles. The lowest BCUT2D eigenvalue weighted by Crippen LogP contribution is -2.26. The minimum atomic E-state index is -0.805. The van der Waals surface area contributed by atoms with Crippen molar-refractivity contribution in [2.45, 2.75) is 12.8 Å². The summed E-state index contributed by atoms with van der Waals surface area (Å²) in [7, 11) is 0. The molecule has 0 spiro atoms. The van der Waals surface area contributed by atoms with Crippen LogP contribution in [0.4, 0.5) is 0 Å². The number of carbonyl (C=O) groups is 2. The molecule has 1 heterocycles. The van der Waals surface area contributed by atoms with Crippen LogP contribution in [0.2, 0.25) is 0 Å². The second-order valence-electron chi connectivity index (χ2n) is 2.71. The molecule has 4 heteroatoms. The van der Waals surface area contributed by atoms with Crippen LogP contribution in [0.25, 0.3) is 0 Å². The third-order valence-corrected chi connectivity index (χ3v) is 1.73. The largest absolute Gasteiger partial charge is 0.481 e. The molecule has 0 saturated heterocycles. The van der Waals surface area contributed by atoms with Crippen molar-refractivity contribution in [1.82, 2.24) is 4.90 Å². The maximum absolute atomic E-state index is 10.7. The van der Waals surface area contributed by atoms with Gasteiger partial charge in [0.25, 0.3) is 0 Å². The number of aliphatic carboxylic acids is 1. The lowest BCUT2D eigenvalue weighted by Gasteiger charge is -2.21. The molecule has 0 radical (unpaired) electrons. The molecular formula is C8H11NO3. The van der Waals surface area contributed by atoms with Crippen LogP contribution < -0.4 is 0 Å². The molecule has 0 aromatic carbocycles. The lowest BCUT2D eigenvalue weighted by molar-refractivity contribution is -0.137. The van der Waals surface area contributed by atoms with Crippen LogP contribution in [0.5, 0.6) is 0 Å². The first-order valence-corrected chi connectivity index (χ1v) is 3.85. The summed E-state index contributed by atoms with van der Waals surface area (Å²) < 4.78 is 0. The molecule has 0 atom stereocenters. The summed E-state index contributed by atoms with van der Waals surface area (Å²) in [4.78, 5) is 22.7. The predicted molar refractivity (Wildman–Crippen MR) is 42.6 cm³/mol. The lowest BCUT2D eigenvalue weighted by atomic mass is 10.2. The summed E-state index contributed by atoms with van der Waals surface area (Å²) in [5.41, 5.74) is 0. The van der Waals surface area contributed by atoms with Crippen molar-refractivity contribution < 1.29 is 14.7 Å². The Morgan fingerprint density at radius 3 is 2.92 bits per heavy atom. The highest BCUT2D eigenvalue weighted by Crippen LogP contribution is 2.02. The fourth-order valence-corrected chi connectivity index (χ4v) is 1.03. The van der Waals surface area contributed by atoms with Gasteiger partial charge in [0.1, 0.15) is 0 Å². The predicted octanol–water partition coefficient (Wildman–Crippen LogP) is 0.250. The van der Waals surface area contributed by atoms with Crippen LogP contribution in [0.3, 0.4) is 0 Å². The quantitative estimate of drug-likeness (QED) is 0.658. The average Bonchev–Trinajstić information content (AvgIpc) is 2.03. The molecule has 66 valence electrons. The van der Waals surface area contributed by atoms with E-state index in [1.165, 1.54) is 6.08 Å². The highest BCUT2D eigenvalue weighted by Gasteiger charge is 2.09. The van der Waals surface area contributed by atoms with E-state index in [0.717, 1.165) is 0 Å². The van der Waals surface area contributed by atoms with Gasteiger partial charge in [-0.3, -0.25) is 9.59 Å². The van der Waals surface area contributed by atoms with Crippen molar-refractivity contribution in [1.29, 1.82) is 0 Å². The van der Waals surface area contributed by atoms with E-state index in [1.807, 2.05) is 4.90 Å². The highest BCUT2D eigenvalue weighted by atomic mass is 16.4. The van der Waals surface area contributed by atoms with E-state index >= 15 is 0 Å². The molecule has 0 fully saturated rings. The average molecular weight is 169 g/mol. The Bertz CT molecular complexity index is 222. The zero-order valence-corrected chi connectivity index (χ0v) is 6.69. The Balaban J connectivity index is 2.30. The molecule has 0 unspecified atom stereocenters. The summed E-state index contributed by atoms with van der Waals surface area (Å²) in [6, 6.07) is 0. The smallest absolute Gasteiger partial charge is 0.305 e. The van der Waals surface area contributed by atoms with Crippen molar-refractivity contribution in [3.63, 3.8) is 0 Å². The number of carboxylic acids is 1. The van der Waals surface area contributed by atoms with Crippen LogP contribution in [0.15, 0.2) is 12.3 Å². The number of allylic oxidation sites excluding steroid dienone is 1. The Morgan fingerprint density at radius 1 is 1.67 bits per heavy atom. The summed E-state index contributed by atoms with van der Waals surface area (Å²) >= 11 is 0. The zero-order chi connectivity index (χ0) is 8.97. The van der Waals surface area contributed by atoms with Gasteiger partial charge in [0, 0.05) is 25.7 Å².